The van der Waals surface area contributed by atoms with E-state index in [1.54, 1.807) is 0 Å². The van der Waals surface area contributed by atoms with E-state index in [9.17, 15) is 4.79 Å². The van der Waals surface area contributed by atoms with Gasteiger partial charge < -0.3 is 5.73 Å². The van der Waals surface area contributed by atoms with E-state index < -0.39 is 6.04 Å². The summed E-state index contributed by atoms with van der Waals surface area (Å²) in [7, 11) is 0. The highest BCUT2D eigenvalue weighted by Crippen LogP contribution is 2.28. The van der Waals surface area contributed by atoms with Crippen molar-refractivity contribution in [2.24, 2.45) is 11.7 Å². The summed E-state index contributed by atoms with van der Waals surface area (Å²) in [6, 6.07) is -0.495. The van der Waals surface area contributed by atoms with Crippen LogP contribution in [0.5, 0.6) is 0 Å². The van der Waals surface area contributed by atoms with Crippen LogP contribution in [0, 0.1) is 5.92 Å². The van der Waals surface area contributed by atoms with E-state index in [-0.39, 0.29) is 11.8 Å². The smallest absolute Gasteiger partial charge is 0.243 e. The molecule has 0 saturated heterocycles. The second-order valence-electron chi connectivity index (χ2n) is 4.86. The second-order valence-corrected chi connectivity index (χ2v) is 5.87. The van der Waals surface area contributed by atoms with Crippen LogP contribution in [0.1, 0.15) is 57.9 Å². The molecule has 108 valence electrons. The Kier molecular flexibility index (Phi) is 6.37. The fourth-order valence-corrected chi connectivity index (χ4v) is 2.80. The SMILES string of the molecule is CCC(CC)c1nnc(NC(=O)C(N)C(C)CC)s1. The highest BCUT2D eigenvalue weighted by molar-refractivity contribution is 7.15. The standard InChI is InChI=1S/C13H24N4OS/c1-5-8(4)10(14)11(18)15-13-17-16-12(19-13)9(6-2)7-3/h8-10H,5-7,14H2,1-4H3,(H,15,17,18). The van der Waals surface area contributed by atoms with Gasteiger partial charge in [-0.15, -0.1) is 10.2 Å². The van der Waals surface area contributed by atoms with Crippen LogP contribution in [0.3, 0.4) is 0 Å². The minimum atomic E-state index is -0.495. The molecule has 0 radical (unpaired) electrons. The lowest BCUT2D eigenvalue weighted by atomic mass is 10.00. The van der Waals surface area contributed by atoms with Gasteiger partial charge in [-0.1, -0.05) is 45.5 Å². The monoisotopic (exact) mass is 284 g/mol. The van der Waals surface area contributed by atoms with Crippen molar-refractivity contribution in [1.82, 2.24) is 10.2 Å². The molecule has 1 aromatic heterocycles. The average Bonchev–Trinajstić information content (AvgIpc) is 2.86. The summed E-state index contributed by atoms with van der Waals surface area (Å²) in [5.74, 6) is 0.402. The van der Waals surface area contributed by atoms with Crippen molar-refractivity contribution in [3.63, 3.8) is 0 Å². The van der Waals surface area contributed by atoms with E-state index in [1.807, 2.05) is 13.8 Å². The molecule has 0 aliphatic heterocycles. The maximum Gasteiger partial charge on any atom is 0.243 e. The molecule has 0 aliphatic carbocycles. The van der Waals surface area contributed by atoms with Crippen molar-refractivity contribution >= 4 is 22.4 Å². The van der Waals surface area contributed by atoms with Gasteiger partial charge in [-0.05, 0) is 18.8 Å². The van der Waals surface area contributed by atoms with Gasteiger partial charge in [0.2, 0.25) is 11.0 Å². The highest BCUT2D eigenvalue weighted by Gasteiger charge is 2.21. The summed E-state index contributed by atoms with van der Waals surface area (Å²) in [6.07, 6.45) is 2.95. The molecule has 2 atom stereocenters. The Hall–Kier alpha value is -1.01. The zero-order chi connectivity index (χ0) is 14.4. The number of nitrogens with two attached hydrogens (primary N) is 1. The number of anilines is 1. The number of rotatable bonds is 7. The average molecular weight is 284 g/mol. The maximum atomic E-state index is 11.9. The third-order valence-corrected chi connectivity index (χ3v) is 4.57. The van der Waals surface area contributed by atoms with Crippen molar-refractivity contribution in [2.75, 3.05) is 5.32 Å². The number of carbonyl (C=O) groups excluding carboxylic acids is 1. The van der Waals surface area contributed by atoms with E-state index >= 15 is 0 Å². The Morgan fingerprint density at radius 2 is 1.89 bits per heavy atom. The molecule has 2 unspecified atom stereocenters. The Bertz CT molecular complexity index is 403. The van der Waals surface area contributed by atoms with E-state index in [0.29, 0.717) is 11.0 Å². The molecule has 1 heterocycles. The quantitative estimate of drug-likeness (QED) is 0.806. The number of amides is 1. The van der Waals surface area contributed by atoms with Gasteiger partial charge in [-0.25, -0.2) is 0 Å². The molecule has 3 N–H and O–H groups in total. The summed E-state index contributed by atoms with van der Waals surface area (Å²) in [5.41, 5.74) is 5.88. The first kappa shape index (κ1) is 16.0. The predicted molar refractivity (Wildman–Crippen MR) is 79.3 cm³/mol. The molecule has 19 heavy (non-hydrogen) atoms. The summed E-state index contributed by atoms with van der Waals surface area (Å²) in [4.78, 5) is 11.9. The van der Waals surface area contributed by atoms with Crippen molar-refractivity contribution in [1.29, 1.82) is 0 Å². The van der Waals surface area contributed by atoms with Crippen molar-refractivity contribution in [3.8, 4) is 0 Å². The van der Waals surface area contributed by atoms with Crippen LogP contribution in [0.25, 0.3) is 0 Å². The highest BCUT2D eigenvalue weighted by atomic mass is 32.1. The molecule has 0 saturated carbocycles. The van der Waals surface area contributed by atoms with E-state index in [2.05, 4.69) is 29.4 Å². The van der Waals surface area contributed by atoms with E-state index in [4.69, 9.17) is 5.73 Å². The van der Waals surface area contributed by atoms with Crippen LogP contribution in [0.4, 0.5) is 5.13 Å². The normalized spacial score (nSPS) is 14.4. The molecule has 0 bridgehead atoms. The molecular formula is C13H24N4OS. The zero-order valence-corrected chi connectivity index (χ0v) is 13.0. The van der Waals surface area contributed by atoms with Crippen LogP contribution in [0.2, 0.25) is 0 Å². The molecule has 0 aliphatic rings. The van der Waals surface area contributed by atoms with Gasteiger partial charge in [0.25, 0.3) is 0 Å². The summed E-state index contributed by atoms with van der Waals surface area (Å²) in [6.45, 7) is 8.26. The first-order chi connectivity index (χ1) is 9.03. The lowest BCUT2D eigenvalue weighted by Gasteiger charge is -2.16. The third-order valence-electron chi connectivity index (χ3n) is 3.57. The van der Waals surface area contributed by atoms with Crippen LogP contribution in [0.15, 0.2) is 0 Å². The van der Waals surface area contributed by atoms with Crippen LogP contribution < -0.4 is 11.1 Å². The molecule has 1 aromatic rings. The third kappa shape index (κ3) is 4.24. The van der Waals surface area contributed by atoms with E-state index in [0.717, 1.165) is 24.3 Å². The Morgan fingerprint density at radius 3 is 2.42 bits per heavy atom. The topological polar surface area (TPSA) is 80.9 Å². The number of carbonyl (C=O) groups is 1. The molecule has 1 rings (SSSR count). The van der Waals surface area contributed by atoms with Crippen molar-refractivity contribution in [2.45, 2.75) is 58.9 Å². The lowest BCUT2D eigenvalue weighted by molar-refractivity contribution is -0.118. The Balaban J connectivity index is 2.65. The molecular weight excluding hydrogens is 260 g/mol. The predicted octanol–water partition coefficient (Wildman–Crippen LogP) is 2.75. The fourth-order valence-electron chi connectivity index (χ4n) is 1.79. The minimum Gasteiger partial charge on any atom is -0.320 e. The fraction of sp³-hybridized carbons (Fsp3) is 0.769. The number of nitrogens with one attached hydrogen (secondary N) is 1. The van der Waals surface area contributed by atoms with Crippen molar-refractivity contribution < 1.29 is 4.79 Å². The van der Waals surface area contributed by atoms with Gasteiger partial charge in [0, 0.05) is 5.92 Å². The first-order valence-electron chi connectivity index (χ1n) is 6.93. The van der Waals surface area contributed by atoms with Gasteiger partial charge >= 0.3 is 0 Å². The van der Waals surface area contributed by atoms with Crippen LogP contribution in [-0.2, 0) is 4.79 Å². The Labute approximate surface area is 119 Å². The van der Waals surface area contributed by atoms with Crippen LogP contribution >= 0.6 is 11.3 Å². The molecule has 6 heteroatoms. The number of aromatic nitrogens is 2. The molecule has 0 spiro atoms. The van der Waals surface area contributed by atoms with Gasteiger partial charge in [-0.3, -0.25) is 10.1 Å². The Morgan fingerprint density at radius 1 is 1.26 bits per heavy atom. The first-order valence-corrected chi connectivity index (χ1v) is 7.74. The van der Waals surface area contributed by atoms with Gasteiger partial charge in [-0.2, -0.15) is 0 Å². The number of hydrogen-bond donors (Lipinski definition) is 2. The molecule has 1 amide bonds. The number of nitrogens with zero attached hydrogens (tertiary/aromatic N) is 2. The van der Waals surface area contributed by atoms with Gasteiger partial charge in [0.05, 0.1) is 6.04 Å². The van der Waals surface area contributed by atoms with Gasteiger partial charge in [0.1, 0.15) is 5.01 Å². The molecule has 0 fully saturated rings. The summed E-state index contributed by atoms with van der Waals surface area (Å²) in [5, 5.41) is 12.5. The molecule has 5 nitrogen and oxygen atoms in total. The number of hydrogen-bond acceptors (Lipinski definition) is 5. The second kappa shape index (κ2) is 7.55. The summed E-state index contributed by atoms with van der Waals surface area (Å²) < 4.78 is 0. The van der Waals surface area contributed by atoms with Crippen LogP contribution in [-0.4, -0.2) is 22.1 Å². The maximum absolute atomic E-state index is 11.9. The zero-order valence-electron chi connectivity index (χ0n) is 12.1. The van der Waals surface area contributed by atoms with E-state index in [1.165, 1.54) is 11.3 Å². The lowest BCUT2D eigenvalue weighted by Crippen LogP contribution is -2.40. The van der Waals surface area contributed by atoms with Crippen molar-refractivity contribution in [3.05, 3.63) is 5.01 Å². The minimum absolute atomic E-state index is 0.159. The van der Waals surface area contributed by atoms with Gasteiger partial charge in [0.15, 0.2) is 0 Å². The summed E-state index contributed by atoms with van der Waals surface area (Å²) >= 11 is 1.45. The largest absolute Gasteiger partial charge is 0.320 e. The molecule has 0 aromatic carbocycles.